The molecule has 3 nitrogen and oxygen atoms in total. The van der Waals surface area contributed by atoms with Crippen LogP contribution in [0, 0.1) is 22.7 Å². The first-order valence-corrected chi connectivity index (χ1v) is 5.12. The lowest BCUT2D eigenvalue weighted by Crippen LogP contribution is -2.35. The van der Waals surface area contributed by atoms with Gasteiger partial charge < -0.3 is 5.11 Å². The molecule has 0 spiro atoms. The Morgan fingerprint density at radius 2 is 2.14 bits per heavy atom. The van der Waals surface area contributed by atoms with Crippen molar-refractivity contribution in [3.63, 3.8) is 0 Å². The average Bonchev–Trinajstić information content (AvgIpc) is 2.74. The van der Waals surface area contributed by atoms with Gasteiger partial charge in [-0.2, -0.15) is 0 Å². The van der Waals surface area contributed by atoms with Crippen LogP contribution in [0.25, 0.3) is 0 Å². The Balaban J connectivity index is 2.35. The maximum Gasteiger partial charge on any atom is 0.317 e. The fourth-order valence-electron chi connectivity index (χ4n) is 3.08. The number of aliphatic carboxylic acids is 1. The zero-order chi connectivity index (χ0) is 10.7. The fourth-order valence-corrected chi connectivity index (χ4v) is 3.08. The second-order valence-corrected chi connectivity index (χ2v) is 5.25. The van der Waals surface area contributed by atoms with E-state index in [0.29, 0.717) is 12.3 Å². The number of fused-ring (bicyclic) bond motifs is 1. The van der Waals surface area contributed by atoms with E-state index in [1.807, 2.05) is 0 Å². The van der Waals surface area contributed by atoms with Gasteiger partial charge in [0.15, 0.2) is 5.78 Å². The van der Waals surface area contributed by atoms with Crippen LogP contribution in [0.5, 0.6) is 0 Å². The zero-order valence-corrected chi connectivity index (χ0v) is 8.83. The topological polar surface area (TPSA) is 54.4 Å². The molecule has 0 aromatic carbocycles. The van der Waals surface area contributed by atoms with Crippen LogP contribution in [0.2, 0.25) is 0 Å². The molecule has 78 valence electrons. The standard InChI is InChI=1S/C11H16O3/c1-6(2)11-4-7(11)10(3,9(13)14)8(12)5-11/h6-7H,4-5H2,1-3H3,(H,13,14)/t7-,10-,11+/m1/s1. The van der Waals surface area contributed by atoms with Gasteiger partial charge in [-0.05, 0) is 30.6 Å². The molecule has 2 fully saturated rings. The Morgan fingerprint density at radius 3 is 2.43 bits per heavy atom. The summed E-state index contributed by atoms with van der Waals surface area (Å²) < 4.78 is 0. The van der Waals surface area contributed by atoms with Crippen LogP contribution >= 0.6 is 0 Å². The van der Waals surface area contributed by atoms with Crippen molar-refractivity contribution in [2.24, 2.45) is 22.7 Å². The Hall–Kier alpha value is -0.860. The van der Waals surface area contributed by atoms with Gasteiger partial charge in [0, 0.05) is 6.42 Å². The van der Waals surface area contributed by atoms with Gasteiger partial charge in [0.2, 0.25) is 0 Å². The molecule has 1 N–H and O–H groups in total. The van der Waals surface area contributed by atoms with Gasteiger partial charge in [-0.3, -0.25) is 9.59 Å². The first-order chi connectivity index (χ1) is 6.35. The molecule has 0 amide bonds. The van der Waals surface area contributed by atoms with Gasteiger partial charge in [0.05, 0.1) is 0 Å². The molecule has 2 rings (SSSR count). The Labute approximate surface area is 83.5 Å². The van der Waals surface area contributed by atoms with Crippen molar-refractivity contribution in [3.8, 4) is 0 Å². The quantitative estimate of drug-likeness (QED) is 0.684. The highest BCUT2D eigenvalue weighted by Gasteiger charge is 2.74. The Bertz CT molecular complexity index is 320. The van der Waals surface area contributed by atoms with E-state index in [-0.39, 0.29) is 17.1 Å². The van der Waals surface area contributed by atoms with Crippen LogP contribution in [0.15, 0.2) is 0 Å². The highest BCUT2D eigenvalue weighted by molar-refractivity contribution is 6.06. The summed E-state index contributed by atoms with van der Waals surface area (Å²) in [5.41, 5.74) is -1.07. The van der Waals surface area contributed by atoms with Crippen molar-refractivity contribution in [2.75, 3.05) is 0 Å². The van der Waals surface area contributed by atoms with Crippen LogP contribution in [-0.2, 0) is 9.59 Å². The first-order valence-electron chi connectivity index (χ1n) is 5.12. The van der Waals surface area contributed by atoms with Gasteiger partial charge in [0.25, 0.3) is 0 Å². The Morgan fingerprint density at radius 1 is 1.57 bits per heavy atom. The van der Waals surface area contributed by atoms with Crippen LogP contribution in [0.1, 0.15) is 33.6 Å². The molecule has 2 saturated carbocycles. The number of rotatable bonds is 2. The number of Topliss-reactive ketones (excluding diaryl/α,β-unsaturated/α-hetero) is 1. The summed E-state index contributed by atoms with van der Waals surface area (Å²) in [6, 6.07) is 0. The van der Waals surface area contributed by atoms with Crippen LogP contribution in [-0.4, -0.2) is 16.9 Å². The summed E-state index contributed by atoms with van der Waals surface area (Å²) in [5.74, 6) is -0.514. The summed E-state index contributed by atoms with van der Waals surface area (Å²) in [4.78, 5) is 22.8. The molecule has 0 aromatic rings. The number of carboxylic acids is 1. The minimum atomic E-state index is -1.09. The van der Waals surface area contributed by atoms with Crippen LogP contribution in [0.3, 0.4) is 0 Å². The highest BCUT2D eigenvalue weighted by atomic mass is 16.4. The summed E-state index contributed by atoms with van der Waals surface area (Å²) in [6.45, 7) is 5.77. The van der Waals surface area contributed by atoms with Gasteiger partial charge >= 0.3 is 5.97 Å². The number of carbonyl (C=O) groups is 2. The van der Waals surface area contributed by atoms with Gasteiger partial charge in [-0.25, -0.2) is 0 Å². The molecule has 0 radical (unpaired) electrons. The molecule has 14 heavy (non-hydrogen) atoms. The third-order valence-corrected chi connectivity index (χ3v) is 4.48. The van der Waals surface area contributed by atoms with E-state index in [9.17, 15) is 9.59 Å². The molecule has 2 aliphatic carbocycles. The summed E-state index contributed by atoms with van der Waals surface area (Å²) >= 11 is 0. The maximum atomic E-state index is 11.7. The lowest BCUT2D eigenvalue weighted by molar-refractivity contribution is -0.153. The second-order valence-electron chi connectivity index (χ2n) is 5.25. The normalized spacial score (nSPS) is 45.4. The number of hydrogen-bond donors (Lipinski definition) is 1. The fraction of sp³-hybridized carbons (Fsp3) is 0.818. The molecule has 0 heterocycles. The van der Waals surface area contributed by atoms with E-state index in [0.717, 1.165) is 6.42 Å². The van der Waals surface area contributed by atoms with Crippen molar-refractivity contribution in [1.82, 2.24) is 0 Å². The molecule has 0 bridgehead atoms. The number of hydrogen-bond acceptors (Lipinski definition) is 2. The van der Waals surface area contributed by atoms with Crippen LogP contribution in [0.4, 0.5) is 0 Å². The number of carbonyl (C=O) groups excluding carboxylic acids is 1. The summed E-state index contributed by atoms with van der Waals surface area (Å²) in [5, 5.41) is 9.12. The van der Waals surface area contributed by atoms with Crippen molar-refractivity contribution < 1.29 is 14.7 Å². The maximum absolute atomic E-state index is 11.7. The predicted molar refractivity (Wildman–Crippen MR) is 50.7 cm³/mol. The minimum Gasteiger partial charge on any atom is -0.480 e. The second kappa shape index (κ2) is 2.38. The lowest BCUT2D eigenvalue weighted by Gasteiger charge is -2.17. The molecular formula is C11H16O3. The van der Waals surface area contributed by atoms with E-state index in [1.165, 1.54) is 0 Å². The zero-order valence-electron chi connectivity index (χ0n) is 8.83. The van der Waals surface area contributed by atoms with Gasteiger partial charge in [-0.15, -0.1) is 0 Å². The van der Waals surface area contributed by atoms with Crippen LogP contribution < -0.4 is 0 Å². The molecule has 3 atom stereocenters. The predicted octanol–water partition coefficient (Wildman–Crippen LogP) is 1.71. The molecule has 0 saturated heterocycles. The SMILES string of the molecule is CC(C)[C@]12CC(=O)[C@](C)(C(=O)O)[C@H]1C2. The smallest absolute Gasteiger partial charge is 0.317 e. The van der Waals surface area contributed by atoms with E-state index < -0.39 is 11.4 Å². The van der Waals surface area contributed by atoms with Crippen molar-refractivity contribution in [1.29, 1.82) is 0 Å². The van der Waals surface area contributed by atoms with Crippen molar-refractivity contribution in [3.05, 3.63) is 0 Å². The average molecular weight is 196 g/mol. The summed E-state index contributed by atoms with van der Waals surface area (Å²) in [6.07, 6.45) is 1.39. The molecule has 0 aromatic heterocycles. The van der Waals surface area contributed by atoms with Gasteiger partial charge in [0.1, 0.15) is 5.41 Å². The van der Waals surface area contributed by atoms with E-state index in [1.54, 1.807) is 6.92 Å². The first kappa shape index (κ1) is 9.69. The monoisotopic (exact) mass is 196 g/mol. The molecular weight excluding hydrogens is 180 g/mol. The van der Waals surface area contributed by atoms with E-state index in [4.69, 9.17) is 5.11 Å². The number of ketones is 1. The van der Waals surface area contributed by atoms with Crippen molar-refractivity contribution in [2.45, 2.75) is 33.6 Å². The van der Waals surface area contributed by atoms with Crippen molar-refractivity contribution >= 4 is 11.8 Å². The minimum absolute atomic E-state index is 0.0181. The number of carboxylic acid groups (broad SMARTS) is 1. The van der Waals surface area contributed by atoms with E-state index in [2.05, 4.69) is 13.8 Å². The molecule has 0 aliphatic heterocycles. The molecule has 0 unspecified atom stereocenters. The largest absolute Gasteiger partial charge is 0.480 e. The third kappa shape index (κ3) is 0.830. The highest BCUT2D eigenvalue weighted by Crippen LogP contribution is 2.72. The Kier molecular flexibility index (Phi) is 1.65. The lowest BCUT2D eigenvalue weighted by atomic mass is 9.84. The third-order valence-electron chi connectivity index (χ3n) is 4.48. The van der Waals surface area contributed by atoms with Gasteiger partial charge in [-0.1, -0.05) is 13.8 Å². The molecule has 3 heteroatoms. The molecule has 2 aliphatic rings. The van der Waals surface area contributed by atoms with E-state index >= 15 is 0 Å². The summed E-state index contributed by atoms with van der Waals surface area (Å²) in [7, 11) is 0.